The molecule has 0 aliphatic carbocycles. The van der Waals surface area contributed by atoms with Gasteiger partial charge in [0.2, 0.25) is 0 Å². The van der Waals surface area contributed by atoms with E-state index in [9.17, 15) is 0 Å². The van der Waals surface area contributed by atoms with Crippen LogP contribution in [0, 0.1) is 0 Å². The van der Waals surface area contributed by atoms with Crippen LogP contribution in [-0.2, 0) is 13.6 Å². The summed E-state index contributed by atoms with van der Waals surface area (Å²) >= 11 is 0. The summed E-state index contributed by atoms with van der Waals surface area (Å²) in [6.07, 6.45) is 3.25. The summed E-state index contributed by atoms with van der Waals surface area (Å²) in [6, 6.07) is 1.96. The second kappa shape index (κ2) is 4.90. The molecule has 17 heavy (non-hydrogen) atoms. The molecule has 0 bridgehead atoms. The standard InChI is InChI=1S/C11H16N6/c1-8(2)9-4-10(14-6-13-9)12-5-11-16-15-7-17(11)3/h4,6-8H,5H2,1-3H3,(H,12,13,14). The number of aromatic nitrogens is 5. The molecule has 6 heteroatoms. The molecule has 2 aromatic heterocycles. The Kier molecular flexibility index (Phi) is 3.32. The number of hydrogen-bond acceptors (Lipinski definition) is 5. The summed E-state index contributed by atoms with van der Waals surface area (Å²) in [6.45, 7) is 4.81. The van der Waals surface area contributed by atoms with Crippen LogP contribution >= 0.6 is 0 Å². The molecule has 2 heterocycles. The van der Waals surface area contributed by atoms with E-state index in [1.807, 2.05) is 17.7 Å². The van der Waals surface area contributed by atoms with E-state index in [-0.39, 0.29) is 0 Å². The maximum Gasteiger partial charge on any atom is 0.151 e. The Balaban J connectivity index is 2.04. The normalized spacial score (nSPS) is 10.8. The van der Waals surface area contributed by atoms with E-state index >= 15 is 0 Å². The Morgan fingerprint density at radius 3 is 2.82 bits per heavy atom. The third-order valence-electron chi connectivity index (χ3n) is 2.51. The Bertz CT molecular complexity index is 490. The highest BCUT2D eigenvalue weighted by Gasteiger charge is 2.04. The summed E-state index contributed by atoms with van der Waals surface area (Å²) in [5, 5.41) is 11.0. The van der Waals surface area contributed by atoms with Gasteiger partial charge in [-0.3, -0.25) is 0 Å². The number of aryl methyl sites for hydroxylation is 1. The van der Waals surface area contributed by atoms with Gasteiger partial charge in [-0.25, -0.2) is 9.97 Å². The second-order valence-corrected chi connectivity index (χ2v) is 4.19. The molecule has 2 aromatic rings. The predicted octanol–water partition coefficient (Wildman–Crippen LogP) is 1.34. The topological polar surface area (TPSA) is 68.5 Å². The van der Waals surface area contributed by atoms with Crippen LogP contribution in [0.1, 0.15) is 31.3 Å². The first-order chi connectivity index (χ1) is 8.16. The fourth-order valence-corrected chi connectivity index (χ4v) is 1.42. The lowest BCUT2D eigenvalue weighted by molar-refractivity contribution is 0.799. The quantitative estimate of drug-likeness (QED) is 0.861. The molecule has 0 aliphatic heterocycles. The number of rotatable bonds is 4. The molecule has 0 saturated heterocycles. The largest absolute Gasteiger partial charge is 0.363 e. The molecule has 0 atom stereocenters. The average molecular weight is 232 g/mol. The first kappa shape index (κ1) is 11.5. The summed E-state index contributed by atoms with van der Waals surface area (Å²) in [5.74, 6) is 2.08. The first-order valence-electron chi connectivity index (χ1n) is 5.55. The SMILES string of the molecule is CC(C)c1cc(NCc2nncn2C)ncn1. The third-order valence-corrected chi connectivity index (χ3v) is 2.51. The van der Waals surface area contributed by atoms with Crippen LogP contribution in [0.5, 0.6) is 0 Å². The van der Waals surface area contributed by atoms with Gasteiger partial charge in [-0.1, -0.05) is 13.8 Å². The van der Waals surface area contributed by atoms with Crippen molar-refractivity contribution in [1.82, 2.24) is 24.7 Å². The van der Waals surface area contributed by atoms with Crippen molar-refractivity contribution in [3.63, 3.8) is 0 Å². The van der Waals surface area contributed by atoms with Gasteiger partial charge < -0.3 is 9.88 Å². The average Bonchev–Trinajstić information content (AvgIpc) is 2.72. The summed E-state index contributed by atoms with van der Waals surface area (Å²) in [7, 11) is 1.91. The van der Waals surface area contributed by atoms with E-state index in [2.05, 4.69) is 39.3 Å². The molecule has 1 N–H and O–H groups in total. The van der Waals surface area contributed by atoms with Gasteiger partial charge in [-0.05, 0) is 5.92 Å². The van der Waals surface area contributed by atoms with Crippen molar-refractivity contribution in [3.8, 4) is 0 Å². The molecule has 90 valence electrons. The zero-order chi connectivity index (χ0) is 12.3. The van der Waals surface area contributed by atoms with Gasteiger partial charge in [0, 0.05) is 18.8 Å². The van der Waals surface area contributed by atoms with Crippen LogP contribution in [0.15, 0.2) is 18.7 Å². The van der Waals surface area contributed by atoms with Crippen LogP contribution in [-0.4, -0.2) is 24.7 Å². The Labute approximate surface area is 100 Å². The monoisotopic (exact) mass is 232 g/mol. The molecule has 0 radical (unpaired) electrons. The van der Waals surface area contributed by atoms with Crippen molar-refractivity contribution >= 4 is 5.82 Å². The van der Waals surface area contributed by atoms with Crippen LogP contribution < -0.4 is 5.32 Å². The van der Waals surface area contributed by atoms with Crippen LogP contribution in [0.2, 0.25) is 0 Å². The summed E-state index contributed by atoms with van der Waals surface area (Å²) < 4.78 is 1.87. The van der Waals surface area contributed by atoms with Crippen molar-refractivity contribution in [3.05, 3.63) is 30.2 Å². The molecule has 0 amide bonds. The van der Waals surface area contributed by atoms with Gasteiger partial charge in [-0.15, -0.1) is 10.2 Å². The number of hydrogen-bond donors (Lipinski definition) is 1. The van der Waals surface area contributed by atoms with E-state index in [0.717, 1.165) is 17.3 Å². The molecule has 0 fully saturated rings. The highest BCUT2D eigenvalue weighted by Crippen LogP contribution is 2.13. The first-order valence-corrected chi connectivity index (χ1v) is 5.55. The lowest BCUT2D eigenvalue weighted by Gasteiger charge is -2.08. The van der Waals surface area contributed by atoms with Gasteiger partial charge in [-0.2, -0.15) is 0 Å². The van der Waals surface area contributed by atoms with E-state index in [1.165, 1.54) is 0 Å². The molecule has 6 nitrogen and oxygen atoms in total. The smallest absolute Gasteiger partial charge is 0.151 e. The molecule has 0 unspecified atom stereocenters. The Morgan fingerprint density at radius 1 is 1.35 bits per heavy atom. The molecule has 0 aromatic carbocycles. The van der Waals surface area contributed by atoms with Gasteiger partial charge in [0.1, 0.15) is 18.5 Å². The van der Waals surface area contributed by atoms with E-state index in [0.29, 0.717) is 12.5 Å². The molecule has 2 rings (SSSR count). The molecular weight excluding hydrogens is 216 g/mol. The van der Waals surface area contributed by atoms with Crippen LogP contribution in [0.25, 0.3) is 0 Å². The van der Waals surface area contributed by atoms with E-state index in [4.69, 9.17) is 0 Å². The number of nitrogens with zero attached hydrogens (tertiary/aromatic N) is 5. The zero-order valence-electron chi connectivity index (χ0n) is 10.3. The lowest BCUT2D eigenvalue weighted by Crippen LogP contribution is -2.07. The van der Waals surface area contributed by atoms with Crippen LogP contribution in [0.3, 0.4) is 0 Å². The minimum Gasteiger partial charge on any atom is -0.363 e. The van der Waals surface area contributed by atoms with Crippen molar-refractivity contribution in [1.29, 1.82) is 0 Å². The van der Waals surface area contributed by atoms with Crippen molar-refractivity contribution < 1.29 is 0 Å². The molecule has 0 spiro atoms. The van der Waals surface area contributed by atoms with Crippen molar-refractivity contribution in [2.75, 3.05) is 5.32 Å². The summed E-state index contributed by atoms with van der Waals surface area (Å²) in [5.41, 5.74) is 1.03. The van der Waals surface area contributed by atoms with Crippen LogP contribution in [0.4, 0.5) is 5.82 Å². The molecular formula is C11H16N6. The zero-order valence-corrected chi connectivity index (χ0v) is 10.3. The fraction of sp³-hybridized carbons (Fsp3) is 0.455. The number of nitrogens with one attached hydrogen (secondary N) is 1. The minimum absolute atomic E-state index is 0.397. The van der Waals surface area contributed by atoms with E-state index < -0.39 is 0 Å². The highest BCUT2D eigenvalue weighted by atomic mass is 15.3. The van der Waals surface area contributed by atoms with Gasteiger partial charge in [0.25, 0.3) is 0 Å². The third kappa shape index (κ3) is 2.77. The second-order valence-electron chi connectivity index (χ2n) is 4.19. The highest BCUT2D eigenvalue weighted by molar-refractivity contribution is 5.35. The van der Waals surface area contributed by atoms with E-state index in [1.54, 1.807) is 12.7 Å². The Morgan fingerprint density at radius 2 is 2.18 bits per heavy atom. The van der Waals surface area contributed by atoms with Gasteiger partial charge in [0.05, 0.1) is 6.54 Å². The predicted molar refractivity (Wildman–Crippen MR) is 64.5 cm³/mol. The number of anilines is 1. The molecule has 0 saturated carbocycles. The maximum atomic E-state index is 4.22. The van der Waals surface area contributed by atoms with Gasteiger partial charge >= 0.3 is 0 Å². The van der Waals surface area contributed by atoms with Crippen molar-refractivity contribution in [2.45, 2.75) is 26.3 Å². The maximum absolute atomic E-state index is 4.22. The summed E-state index contributed by atoms with van der Waals surface area (Å²) in [4.78, 5) is 8.39. The Hall–Kier alpha value is -1.98. The van der Waals surface area contributed by atoms with Crippen molar-refractivity contribution in [2.24, 2.45) is 7.05 Å². The fourth-order valence-electron chi connectivity index (χ4n) is 1.42. The van der Waals surface area contributed by atoms with Gasteiger partial charge in [0.15, 0.2) is 5.82 Å². The minimum atomic E-state index is 0.397. The lowest BCUT2D eigenvalue weighted by atomic mass is 10.1. The molecule has 0 aliphatic rings.